The van der Waals surface area contributed by atoms with E-state index < -0.39 is 11.4 Å². The van der Waals surface area contributed by atoms with Gasteiger partial charge < -0.3 is 19.7 Å². The quantitative estimate of drug-likeness (QED) is 0.692. The largest absolute Gasteiger partial charge is 0.494 e. The third-order valence-corrected chi connectivity index (χ3v) is 6.65. The second kappa shape index (κ2) is 8.40. The number of likely N-dealkylation sites (N-methyl/N-ethyl adjacent to an activating group) is 1. The number of benzene rings is 1. The van der Waals surface area contributed by atoms with Crippen molar-refractivity contribution in [3.05, 3.63) is 39.7 Å². The predicted molar refractivity (Wildman–Crippen MR) is 117 cm³/mol. The molecular formula is C23H31N3O4. The van der Waals surface area contributed by atoms with Crippen molar-refractivity contribution in [1.82, 2.24) is 14.8 Å². The Morgan fingerprint density at radius 3 is 2.63 bits per heavy atom. The van der Waals surface area contributed by atoms with Gasteiger partial charge in [0.2, 0.25) is 5.43 Å². The van der Waals surface area contributed by atoms with Gasteiger partial charge in [-0.1, -0.05) is 13.0 Å². The number of nitrogens with zero attached hydrogens (tertiary/aromatic N) is 2. The molecule has 1 aliphatic carbocycles. The van der Waals surface area contributed by atoms with Crippen LogP contribution in [-0.2, 0) is 0 Å². The lowest BCUT2D eigenvalue weighted by Gasteiger charge is -2.31. The van der Waals surface area contributed by atoms with Crippen molar-refractivity contribution in [2.24, 2.45) is 0 Å². The molecular weight excluding hydrogens is 382 g/mol. The number of carbonyl (C=O) groups is 1. The van der Waals surface area contributed by atoms with Crippen LogP contribution in [0.15, 0.2) is 23.1 Å². The first-order chi connectivity index (χ1) is 14.5. The third kappa shape index (κ3) is 3.50. The molecule has 4 rings (SSSR count). The van der Waals surface area contributed by atoms with Crippen molar-refractivity contribution in [2.75, 3.05) is 27.2 Å². The molecule has 2 fully saturated rings. The number of hydrogen-bond donors (Lipinski definition) is 2. The maximum Gasteiger partial charge on any atom is 0.341 e. The minimum atomic E-state index is -1.18. The summed E-state index contributed by atoms with van der Waals surface area (Å²) in [5, 5.41) is 13.2. The molecule has 2 aliphatic rings. The van der Waals surface area contributed by atoms with E-state index in [2.05, 4.69) is 17.1 Å². The fourth-order valence-corrected chi connectivity index (χ4v) is 4.99. The second-order valence-electron chi connectivity index (χ2n) is 8.40. The Kier molecular flexibility index (Phi) is 5.84. The Bertz CT molecular complexity index is 1010. The van der Waals surface area contributed by atoms with Crippen LogP contribution in [0.4, 0.5) is 0 Å². The highest BCUT2D eigenvalue weighted by molar-refractivity contribution is 5.95. The topological polar surface area (TPSA) is 83.8 Å². The van der Waals surface area contributed by atoms with Gasteiger partial charge in [0.15, 0.2) is 0 Å². The first kappa shape index (κ1) is 20.9. The van der Waals surface area contributed by atoms with E-state index in [9.17, 15) is 14.7 Å². The van der Waals surface area contributed by atoms with E-state index in [4.69, 9.17) is 4.74 Å². The number of fused-ring (bicyclic) bond motifs is 1. The lowest BCUT2D eigenvalue weighted by Crippen LogP contribution is -2.36. The number of pyridine rings is 1. The SMILES string of the molecule is CCC1CCC(c2ccc3c(=O)c(C(=O)O)cn(C4CC4)c3c2OC)N1CCNC. The van der Waals surface area contributed by atoms with Crippen LogP contribution < -0.4 is 15.5 Å². The van der Waals surface area contributed by atoms with Gasteiger partial charge in [0.1, 0.15) is 11.3 Å². The Hall–Kier alpha value is -2.38. The van der Waals surface area contributed by atoms with Gasteiger partial charge in [-0.2, -0.15) is 0 Å². The molecule has 2 N–H and O–H groups in total. The standard InChI is InChI=1S/C23H31N3O4/c1-4-14-7-10-19(25(14)12-11-24-2)16-8-9-17-20(22(16)30-3)26(15-5-6-15)13-18(21(17)27)23(28)29/h8-9,13-15,19,24H,4-7,10-12H2,1-3H3,(H,28,29). The van der Waals surface area contributed by atoms with Gasteiger partial charge in [-0.3, -0.25) is 9.69 Å². The number of methoxy groups -OCH3 is 1. The summed E-state index contributed by atoms with van der Waals surface area (Å²) in [5.41, 5.74) is 1.21. The normalized spacial score (nSPS) is 22.0. The first-order valence-electron chi connectivity index (χ1n) is 10.9. The molecule has 1 saturated carbocycles. The van der Waals surface area contributed by atoms with Crippen LogP contribution in [-0.4, -0.2) is 53.8 Å². The molecule has 2 heterocycles. The number of carboxylic acid groups (broad SMARTS) is 1. The van der Waals surface area contributed by atoms with Gasteiger partial charge in [-0.15, -0.1) is 0 Å². The summed E-state index contributed by atoms with van der Waals surface area (Å²) in [6.07, 6.45) is 6.77. The maximum absolute atomic E-state index is 12.9. The average Bonchev–Trinajstić information content (AvgIpc) is 3.50. The number of nitrogens with one attached hydrogen (secondary N) is 1. The monoisotopic (exact) mass is 413 g/mol. The molecule has 1 aliphatic heterocycles. The second-order valence-corrected chi connectivity index (χ2v) is 8.40. The molecule has 2 atom stereocenters. The molecule has 1 saturated heterocycles. The highest BCUT2D eigenvalue weighted by Gasteiger charge is 2.36. The molecule has 7 nitrogen and oxygen atoms in total. The van der Waals surface area contributed by atoms with Gasteiger partial charge in [0.25, 0.3) is 0 Å². The van der Waals surface area contributed by atoms with E-state index in [1.807, 2.05) is 17.7 Å². The molecule has 0 radical (unpaired) electrons. The number of hydrogen-bond acceptors (Lipinski definition) is 5. The zero-order valence-electron chi connectivity index (χ0n) is 18.0. The molecule has 0 bridgehead atoms. The summed E-state index contributed by atoms with van der Waals surface area (Å²) >= 11 is 0. The molecule has 2 unspecified atom stereocenters. The van der Waals surface area contributed by atoms with E-state index >= 15 is 0 Å². The number of ether oxygens (including phenoxy) is 1. The lowest BCUT2D eigenvalue weighted by atomic mass is 9.99. The number of aromatic carboxylic acids is 1. The molecule has 162 valence electrons. The lowest BCUT2D eigenvalue weighted by molar-refractivity contribution is 0.0695. The summed E-state index contributed by atoms with van der Waals surface area (Å²) in [5.74, 6) is -0.469. The Labute approximate surface area is 176 Å². The summed E-state index contributed by atoms with van der Waals surface area (Å²) in [7, 11) is 3.62. The number of rotatable bonds is 8. The molecule has 0 spiro atoms. The van der Waals surface area contributed by atoms with Crippen molar-refractivity contribution in [3.63, 3.8) is 0 Å². The van der Waals surface area contributed by atoms with Gasteiger partial charge in [-0.05, 0) is 45.2 Å². The van der Waals surface area contributed by atoms with E-state index in [0.717, 1.165) is 56.3 Å². The van der Waals surface area contributed by atoms with Gasteiger partial charge in [0, 0.05) is 43.0 Å². The van der Waals surface area contributed by atoms with Gasteiger partial charge in [0.05, 0.1) is 18.0 Å². The predicted octanol–water partition coefficient (Wildman–Crippen LogP) is 3.18. The van der Waals surface area contributed by atoms with Crippen molar-refractivity contribution in [2.45, 2.75) is 57.2 Å². The van der Waals surface area contributed by atoms with Crippen LogP contribution >= 0.6 is 0 Å². The van der Waals surface area contributed by atoms with Crippen LogP contribution in [0.2, 0.25) is 0 Å². The third-order valence-electron chi connectivity index (χ3n) is 6.65. The maximum atomic E-state index is 12.9. The molecule has 30 heavy (non-hydrogen) atoms. The molecule has 1 aromatic heterocycles. The van der Waals surface area contributed by atoms with Gasteiger partial charge in [-0.25, -0.2) is 4.79 Å². The number of likely N-dealkylation sites (tertiary alicyclic amines) is 1. The molecule has 0 amide bonds. The van der Waals surface area contributed by atoms with Crippen LogP contribution in [0.3, 0.4) is 0 Å². The minimum absolute atomic E-state index is 0.174. The van der Waals surface area contributed by atoms with E-state index in [-0.39, 0.29) is 17.6 Å². The molecule has 2 aromatic rings. The fraction of sp³-hybridized carbons (Fsp3) is 0.565. The zero-order chi connectivity index (χ0) is 21.4. The minimum Gasteiger partial charge on any atom is -0.494 e. The average molecular weight is 414 g/mol. The Balaban J connectivity index is 1.90. The summed E-state index contributed by atoms with van der Waals surface area (Å²) < 4.78 is 7.88. The Morgan fingerprint density at radius 2 is 2.03 bits per heavy atom. The zero-order valence-corrected chi connectivity index (χ0v) is 18.0. The van der Waals surface area contributed by atoms with Crippen LogP contribution in [0.25, 0.3) is 10.9 Å². The van der Waals surface area contributed by atoms with Crippen molar-refractivity contribution in [1.29, 1.82) is 0 Å². The van der Waals surface area contributed by atoms with E-state index in [0.29, 0.717) is 17.2 Å². The van der Waals surface area contributed by atoms with E-state index in [1.165, 1.54) is 6.20 Å². The number of aromatic nitrogens is 1. The fourth-order valence-electron chi connectivity index (χ4n) is 4.99. The van der Waals surface area contributed by atoms with Gasteiger partial charge >= 0.3 is 5.97 Å². The smallest absolute Gasteiger partial charge is 0.341 e. The Morgan fingerprint density at radius 1 is 1.27 bits per heavy atom. The van der Waals surface area contributed by atoms with Crippen molar-refractivity contribution >= 4 is 16.9 Å². The van der Waals surface area contributed by atoms with Crippen molar-refractivity contribution < 1.29 is 14.6 Å². The van der Waals surface area contributed by atoms with Crippen LogP contribution in [0, 0.1) is 0 Å². The summed E-state index contributed by atoms with van der Waals surface area (Å²) in [6, 6.07) is 4.76. The van der Waals surface area contributed by atoms with Crippen LogP contribution in [0.1, 0.15) is 67.0 Å². The molecule has 7 heteroatoms. The van der Waals surface area contributed by atoms with Crippen LogP contribution in [0.5, 0.6) is 5.75 Å². The van der Waals surface area contributed by atoms with Crippen molar-refractivity contribution in [3.8, 4) is 5.75 Å². The molecule has 1 aromatic carbocycles. The first-order valence-corrected chi connectivity index (χ1v) is 10.9. The number of carboxylic acids is 1. The van der Waals surface area contributed by atoms with E-state index in [1.54, 1.807) is 13.2 Å². The highest BCUT2D eigenvalue weighted by atomic mass is 16.5. The summed E-state index contributed by atoms with van der Waals surface area (Å²) in [4.78, 5) is 27.1. The highest BCUT2D eigenvalue weighted by Crippen LogP contribution is 2.45. The summed E-state index contributed by atoms with van der Waals surface area (Å²) in [6.45, 7) is 4.10.